The van der Waals surface area contributed by atoms with Crippen LogP contribution in [-0.2, 0) is 4.74 Å². The molecule has 0 bridgehead atoms. The zero-order valence-corrected chi connectivity index (χ0v) is 19.8. The summed E-state index contributed by atoms with van der Waals surface area (Å²) in [6, 6.07) is 12.9. The van der Waals surface area contributed by atoms with Crippen molar-refractivity contribution in [3.63, 3.8) is 0 Å². The fourth-order valence-corrected chi connectivity index (χ4v) is 4.56. The second-order valence-corrected chi connectivity index (χ2v) is 9.72. The van der Waals surface area contributed by atoms with Crippen LogP contribution < -0.4 is 10.2 Å². The van der Waals surface area contributed by atoms with Crippen molar-refractivity contribution in [1.82, 2.24) is 15.1 Å². The molecule has 2 atom stereocenters. The van der Waals surface area contributed by atoms with E-state index in [9.17, 15) is 9.18 Å². The van der Waals surface area contributed by atoms with Gasteiger partial charge in [-0.1, -0.05) is 19.8 Å². The van der Waals surface area contributed by atoms with Crippen molar-refractivity contribution in [3.05, 3.63) is 54.5 Å². The highest BCUT2D eigenvalue weighted by Gasteiger charge is 2.35. The van der Waals surface area contributed by atoms with Gasteiger partial charge in [0, 0.05) is 23.7 Å². The highest BCUT2D eigenvalue weighted by molar-refractivity contribution is 5.84. The molecule has 0 aliphatic carbocycles. The van der Waals surface area contributed by atoms with E-state index in [2.05, 4.69) is 40.4 Å². The molecule has 6 nitrogen and oxygen atoms in total. The number of halogens is 1. The highest BCUT2D eigenvalue weighted by Crippen LogP contribution is 2.32. The third kappa shape index (κ3) is 5.29. The number of rotatable bonds is 6. The van der Waals surface area contributed by atoms with E-state index < -0.39 is 5.60 Å². The van der Waals surface area contributed by atoms with Crippen LogP contribution in [0.5, 0.6) is 0 Å². The first kappa shape index (κ1) is 23.1. The number of anilines is 1. The molecule has 33 heavy (non-hydrogen) atoms. The van der Waals surface area contributed by atoms with Gasteiger partial charge in [0.2, 0.25) is 0 Å². The average molecular weight is 453 g/mol. The van der Waals surface area contributed by atoms with Crippen molar-refractivity contribution in [2.24, 2.45) is 0 Å². The number of ether oxygens (including phenoxy) is 1. The number of nitrogens with one attached hydrogen (secondary N) is 1. The molecule has 1 amide bonds. The number of fused-ring (bicyclic) bond motifs is 1. The number of aromatic nitrogens is 2. The van der Waals surface area contributed by atoms with Gasteiger partial charge < -0.3 is 15.0 Å². The van der Waals surface area contributed by atoms with Crippen LogP contribution >= 0.6 is 0 Å². The van der Waals surface area contributed by atoms with Gasteiger partial charge in [-0.25, -0.2) is 13.9 Å². The molecule has 0 saturated carbocycles. The van der Waals surface area contributed by atoms with Crippen LogP contribution in [0, 0.1) is 5.82 Å². The Balaban J connectivity index is 1.56. The quantitative estimate of drug-likeness (QED) is 0.511. The van der Waals surface area contributed by atoms with Gasteiger partial charge in [-0.3, -0.25) is 0 Å². The lowest BCUT2D eigenvalue weighted by molar-refractivity contribution is 0.0500. The lowest BCUT2D eigenvalue weighted by Crippen LogP contribution is -2.46. The van der Waals surface area contributed by atoms with E-state index >= 15 is 0 Å². The van der Waals surface area contributed by atoms with Crippen LogP contribution in [0.15, 0.2) is 48.7 Å². The first-order valence-corrected chi connectivity index (χ1v) is 11.7. The Labute approximate surface area is 194 Å². The molecule has 4 rings (SSSR count). The number of nitrogens with zero attached hydrogens (tertiary/aromatic N) is 3. The molecule has 0 unspecified atom stereocenters. The first-order valence-electron chi connectivity index (χ1n) is 11.7. The van der Waals surface area contributed by atoms with E-state index in [0.717, 1.165) is 54.5 Å². The Morgan fingerprint density at radius 3 is 2.61 bits per heavy atom. The smallest absolute Gasteiger partial charge is 0.407 e. The molecule has 1 saturated heterocycles. The van der Waals surface area contributed by atoms with Gasteiger partial charge in [0.25, 0.3) is 0 Å². The molecule has 1 fully saturated rings. The van der Waals surface area contributed by atoms with Crippen molar-refractivity contribution in [3.8, 4) is 5.69 Å². The molecule has 3 aromatic rings. The minimum atomic E-state index is -0.517. The largest absolute Gasteiger partial charge is 0.444 e. The maximum atomic E-state index is 13.3. The molecular weight excluding hydrogens is 419 g/mol. The molecule has 1 aromatic heterocycles. The number of amides is 1. The molecule has 1 N–H and O–H groups in total. The monoisotopic (exact) mass is 452 g/mol. The van der Waals surface area contributed by atoms with Gasteiger partial charge in [-0.15, -0.1) is 0 Å². The summed E-state index contributed by atoms with van der Waals surface area (Å²) in [7, 11) is 0. The van der Waals surface area contributed by atoms with Crippen LogP contribution in [0.25, 0.3) is 16.6 Å². The van der Waals surface area contributed by atoms with Crippen LogP contribution in [0.1, 0.15) is 53.4 Å². The zero-order valence-electron chi connectivity index (χ0n) is 19.8. The van der Waals surface area contributed by atoms with E-state index in [1.165, 1.54) is 12.1 Å². The third-order valence-electron chi connectivity index (χ3n) is 6.06. The number of alkyl carbamates (subject to hydrolysis) is 1. The normalized spacial score (nSPS) is 18.6. The van der Waals surface area contributed by atoms with Gasteiger partial charge in [0.1, 0.15) is 11.4 Å². The number of hydrogen-bond donors (Lipinski definition) is 1. The van der Waals surface area contributed by atoms with Crippen LogP contribution in [0.3, 0.4) is 0 Å². The van der Waals surface area contributed by atoms with Gasteiger partial charge in [-0.2, -0.15) is 5.10 Å². The van der Waals surface area contributed by atoms with E-state index in [-0.39, 0.29) is 24.0 Å². The Kier molecular flexibility index (Phi) is 6.58. The molecule has 7 heteroatoms. The Hall–Kier alpha value is -3.09. The second kappa shape index (κ2) is 9.41. The summed E-state index contributed by atoms with van der Waals surface area (Å²) in [5.74, 6) is -0.265. The maximum absolute atomic E-state index is 13.3. The SMILES string of the molecule is CCCC[C@@H]1[C@@H](NC(=O)OC(C)(C)C)CCN1c1ccc2c(cnn2-c2ccc(F)cc2)c1. The molecule has 1 aliphatic heterocycles. The van der Waals surface area contributed by atoms with Crippen LogP contribution in [-0.4, -0.2) is 40.1 Å². The standard InChI is InChI=1S/C26H33FN4O2/c1-5-6-7-24-22(29-25(32)33-26(2,3)4)14-15-30(24)21-12-13-23-18(16-21)17-28-31(23)20-10-8-19(27)9-11-20/h8-13,16-17,22,24H,5-7,14-15H2,1-4H3,(H,29,32)/t22-,24+/m0/s1. The van der Waals surface area contributed by atoms with E-state index in [1.807, 2.05) is 31.6 Å². The van der Waals surface area contributed by atoms with Crippen molar-refractivity contribution < 1.29 is 13.9 Å². The van der Waals surface area contributed by atoms with Crippen LogP contribution in [0.4, 0.5) is 14.9 Å². The van der Waals surface area contributed by atoms with Gasteiger partial charge >= 0.3 is 6.09 Å². The predicted molar refractivity (Wildman–Crippen MR) is 129 cm³/mol. The van der Waals surface area contributed by atoms with Crippen molar-refractivity contribution in [2.45, 2.75) is 71.1 Å². The predicted octanol–water partition coefficient (Wildman–Crippen LogP) is 5.83. The topological polar surface area (TPSA) is 59.4 Å². The summed E-state index contributed by atoms with van der Waals surface area (Å²) in [5, 5.41) is 8.66. The second-order valence-electron chi connectivity index (χ2n) is 9.72. The maximum Gasteiger partial charge on any atom is 0.407 e. The minimum Gasteiger partial charge on any atom is -0.444 e. The number of benzene rings is 2. The van der Waals surface area contributed by atoms with E-state index in [1.54, 1.807) is 12.1 Å². The highest BCUT2D eigenvalue weighted by atomic mass is 19.1. The van der Waals surface area contributed by atoms with Gasteiger partial charge in [0.15, 0.2) is 0 Å². The van der Waals surface area contributed by atoms with Crippen molar-refractivity contribution in [2.75, 3.05) is 11.4 Å². The van der Waals surface area contributed by atoms with Gasteiger partial charge in [-0.05, 0) is 76.1 Å². The molecule has 176 valence electrons. The zero-order chi connectivity index (χ0) is 23.6. The summed E-state index contributed by atoms with van der Waals surface area (Å²) in [4.78, 5) is 14.8. The fourth-order valence-electron chi connectivity index (χ4n) is 4.56. The number of unbranched alkanes of at least 4 members (excludes halogenated alkanes) is 1. The fraction of sp³-hybridized carbons (Fsp3) is 0.462. The number of hydrogen-bond acceptors (Lipinski definition) is 4. The first-order chi connectivity index (χ1) is 15.7. The molecule has 2 aromatic carbocycles. The lowest BCUT2D eigenvalue weighted by atomic mass is 10.0. The molecule has 1 aliphatic rings. The number of carbonyl (C=O) groups is 1. The number of carbonyl (C=O) groups excluding carboxylic acids is 1. The van der Waals surface area contributed by atoms with Gasteiger partial charge in [0.05, 0.1) is 23.4 Å². The molecule has 2 heterocycles. The summed E-state index contributed by atoms with van der Waals surface area (Å²) >= 11 is 0. The summed E-state index contributed by atoms with van der Waals surface area (Å²) < 4.78 is 20.6. The van der Waals surface area contributed by atoms with Crippen LogP contribution in [0.2, 0.25) is 0 Å². The van der Waals surface area contributed by atoms with E-state index in [4.69, 9.17) is 4.74 Å². The third-order valence-corrected chi connectivity index (χ3v) is 6.06. The summed E-state index contributed by atoms with van der Waals surface area (Å²) in [5.41, 5.74) is 2.40. The Bertz CT molecular complexity index is 1100. The summed E-state index contributed by atoms with van der Waals surface area (Å²) in [6.45, 7) is 8.69. The summed E-state index contributed by atoms with van der Waals surface area (Å²) in [6.07, 6.45) is 5.57. The Morgan fingerprint density at radius 1 is 1.18 bits per heavy atom. The van der Waals surface area contributed by atoms with E-state index in [0.29, 0.717) is 0 Å². The molecular formula is C26H33FN4O2. The average Bonchev–Trinajstić information content (AvgIpc) is 3.35. The Morgan fingerprint density at radius 2 is 1.91 bits per heavy atom. The minimum absolute atomic E-state index is 0.0454. The van der Waals surface area contributed by atoms with Crippen molar-refractivity contribution in [1.29, 1.82) is 0 Å². The molecule has 0 radical (unpaired) electrons. The molecule has 0 spiro atoms. The van der Waals surface area contributed by atoms with Crippen molar-refractivity contribution >= 4 is 22.7 Å². The lowest BCUT2D eigenvalue weighted by Gasteiger charge is -2.31.